The molecule has 2 N–H and O–H groups in total. The molecule has 2 atom stereocenters. The van der Waals surface area contributed by atoms with Crippen LogP contribution in [0.25, 0.3) is 10.9 Å². The molecule has 0 spiro atoms. The molecule has 2 amide bonds. The van der Waals surface area contributed by atoms with Crippen LogP contribution in [-0.4, -0.2) is 65.5 Å². The molecule has 1 aliphatic heterocycles. The predicted octanol–water partition coefficient (Wildman–Crippen LogP) is 2.31. The summed E-state index contributed by atoms with van der Waals surface area (Å²) in [6.07, 6.45) is 3.96. The van der Waals surface area contributed by atoms with Crippen molar-refractivity contribution >= 4 is 38.5 Å². The number of para-hydroxylation sites is 1. The topological polar surface area (TPSA) is 138 Å². The van der Waals surface area contributed by atoms with Crippen molar-refractivity contribution in [2.45, 2.75) is 50.2 Å². The molecule has 200 valence electrons. The van der Waals surface area contributed by atoms with Gasteiger partial charge < -0.3 is 10.6 Å². The summed E-state index contributed by atoms with van der Waals surface area (Å²) < 4.78 is 27.0. The highest BCUT2D eigenvalue weighted by molar-refractivity contribution is 7.89. The fraction of sp³-hybridized carbons (Fsp3) is 0.370. The molecule has 1 saturated heterocycles. The lowest BCUT2D eigenvalue weighted by atomic mass is 10.0. The third kappa shape index (κ3) is 6.22. The number of benzene rings is 1. The summed E-state index contributed by atoms with van der Waals surface area (Å²) in [5.74, 6) is -1.22. The van der Waals surface area contributed by atoms with Gasteiger partial charge in [-0.2, -0.15) is 4.31 Å². The number of sulfonamides is 1. The second kappa shape index (κ2) is 11.8. The lowest BCUT2D eigenvalue weighted by molar-refractivity contribution is -0.129. The van der Waals surface area contributed by atoms with Crippen LogP contribution in [0.4, 0.5) is 0 Å². The Kier molecular flexibility index (Phi) is 8.48. The van der Waals surface area contributed by atoms with Gasteiger partial charge in [-0.1, -0.05) is 38.1 Å². The first-order chi connectivity index (χ1) is 18.2. The van der Waals surface area contributed by atoms with Crippen molar-refractivity contribution < 1.29 is 22.8 Å². The highest BCUT2D eigenvalue weighted by Gasteiger charge is 2.35. The van der Waals surface area contributed by atoms with Gasteiger partial charge >= 0.3 is 0 Å². The Morgan fingerprint density at radius 1 is 1.05 bits per heavy atom. The number of fused-ring (bicyclic) bond motifs is 1. The molecule has 1 aromatic carbocycles. The van der Waals surface area contributed by atoms with Crippen molar-refractivity contribution in [2.24, 2.45) is 5.92 Å². The van der Waals surface area contributed by atoms with E-state index in [2.05, 4.69) is 20.6 Å². The normalized spacial score (nSPS) is 17.7. The average Bonchev–Trinajstić information content (AvgIpc) is 3.09. The molecule has 0 aliphatic carbocycles. The lowest BCUT2D eigenvalue weighted by Crippen LogP contribution is -2.52. The molecule has 0 saturated carbocycles. The number of nitrogens with one attached hydrogen (secondary N) is 2. The summed E-state index contributed by atoms with van der Waals surface area (Å²) in [4.78, 5) is 47.7. The monoisotopic (exact) mass is 537 g/mol. The smallest absolute Gasteiger partial charge is 0.260 e. The van der Waals surface area contributed by atoms with Gasteiger partial charge in [0.15, 0.2) is 10.8 Å². The maximum atomic E-state index is 13.3. The first-order valence-electron chi connectivity index (χ1n) is 12.6. The van der Waals surface area contributed by atoms with Crippen molar-refractivity contribution in [3.8, 4) is 0 Å². The number of ketones is 1. The minimum atomic E-state index is -3.94. The average molecular weight is 538 g/mol. The number of pyridine rings is 2. The van der Waals surface area contributed by atoms with Crippen LogP contribution in [0.1, 0.15) is 43.5 Å². The lowest BCUT2D eigenvalue weighted by Gasteiger charge is -2.24. The maximum absolute atomic E-state index is 13.3. The number of carbonyl (C=O) groups excluding carboxylic acids is 3. The zero-order valence-electron chi connectivity index (χ0n) is 21.3. The molecular weight excluding hydrogens is 506 g/mol. The summed E-state index contributed by atoms with van der Waals surface area (Å²) in [6, 6.07) is 11.7. The highest BCUT2D eigenvalue weighted by atomic mass is 32.2. The number of Topliss-reactive ketones (excluding diaryl/α,β-unsaturated/α-hetero) is 1. The van der Waals surface area contributed by atoms with E-state index in [-0.39, 0.29) is 30.5 Å². The standard InChI is InChI=1S/C27H31N5O5S/c1-18(2)16-23(31-26(34)20-12-14-28-21-9-4-3-8-19(20)21)27(35)30-22-10-7-15-32(17-24(22)33)38(36,37)25-11-5-6-13-29-25/h3-6,8-9,11-14,18,22-23H,7,10,15-17H2,1-2H3,(H,30,35)(H,31,34)/t22?,23-/m0/s1. The Labute approximate surface area is 221 Å². The Bertz CT molecular complexity index is 1420. The van der Waals surface area contributed by atoms with Gasteiger partial charge in [0, 0.05) is 24.3 Å². The van der Waals surface area contributed by atoms with E-state index < -0.39 is 39.7 Å². The van der Waals surface area contributed by atoms with Crippen molar-refractivity contribution in [1.29, 1.82) is 0 Å². The van der Waals surface area contributed by atoms with Crippen LogP contribution >= 0.6 is 0 Å². The van der Waals surface area contributed by atoms with Gasteiger partial charge in [0.05, 0.1) is 23.7 Å². The minimum absolute atomic E-state index is 0.0871. The van der Waals surface area contributed by atoms with Crippen LogP contribution in [0.2, 0.25) is 0 Å². The van der Waals surface area contributed by atoms with Gasteiger partial charge in [0.2, 0.25) is 5.91 Å². The molecule has 3 heterocycles. The molecule has 0 radical (unpaired) electrons. The van der Waals surface area contributed by atoms with Gasteiger partial charge in [-0.3, -0.25) is 19.4 Å². The summed E-state index contributed by atoms with van der Waals surface area (Å²) in [5.41, 5.74) is 1.07. The number of nitrogens with zero attached hydrogens (tertiary/aromatic N) is 3. The Morgan fingerprint density at radius 3 is 2.55 bits per heavy atom. The zero-order valence-corrected chi connectivity index (χ0v) is 22.1. The molecule has 10 nitrogen and oxygen atoms in total. The van der Waals surface area contributed by atoms with Crippen LogP contribution in [0.3, 0.4) is 0 Å². The molecule has 1 unspecified atom stereocenters. The molecule has 0 bridgehead atoms. The molecule has 38 heavy (non-hydrogen) atoms. The van der Waals surface area contributed by atoms with Crippen LogP contribution < -0.4 is 10.6 Å². The minimum Gasteiger partial charge on any atom is -0.344 e. The maximum Gasteiger partial charge on any atom is 0.260 e. The zero-order chi connectivity index (χ0) is 27.3. The Balaban J connectivity index is 1.47. The summed E-state index contributed by atoms with van der Waals surface area (Å²) in [5, 5.41) is 6.14. The van der Waals surface area contributed by atoms with E-state index in [1.807, 2.05) is 26.0 Å². The number of amides is 2. The SMILES string of the molecule is CC(C)C[C@H](NC(=O)c1ccnc2ccccc12)C(=O)NC1CCCN(S(=O)(=O)c2ccccn2)CC1=O. The van der Waals surface area contributed by atoms with Crippen molar-refractivity contribution in [2.75, 3.05) is 13.1 Å². The number of carbonyl (C=O) groups is 3. The van der Waals surface area contributed by atoms with E-state index in [0.29, 0.717) is 29.3 Å². The summed E-state index contributed by atoms with van der Waals surface area (Å²) >= 11 is 0. The van der Waals surface area contributed by atoms with Crippen LogP contribution in [0, 0.1) is 5.92 Å². The molecule has 11 heteroatoms. The van der Waals surface area contributed by atoms with E-state index in [0.717, 1.165) is 4.31 Å². The number of rotatable bonds is 8. The van der Waals surface area contributed by atoms with Crippen LogP contribution in [0.5, 0.6) is 0 Å². The molecule has 4 rings (SSSR count). The molecule has 1 fully saturated rings. The van der Waals surface area contributed by atoms with Crippen molar-refractivity contribution in [3.63, 3.8) is 0 Å². The molecule has 2 aromatic heterocycles. The Morgan fingerprint density at radius 2 is 1.82 bits per heavy atom. The first kappa shape index (κ1) is 27.3. The van der Waals surface area contributed by atoms with Gasteiger partial charge in [0.25, 0.3) is 15.9 Å². The molecule has 1 aliphatic rings. The van der Waals surface area contributed by atoms with Crippen molar-refractivity contribution in [1.82, 2.24) is 24.9 Å². The number of hydrogen-bond donors (Lipinski definition) is 2. The second-order valence-electron chi connectivity index (χ2n) is 9.71. The third-order valence-corrected chi connectivity index (χ3v) is 8.16. The van der Waals surface area contributed by atoms with E-state index in [9.17, 15) is 22.8 Å². The van der Waals surface area contributed by atoms with Gasteiger partial charge in [-0.25, -0.2) is 13.4 Å². The number of aromatic nitrogens is 2. The quantitative estimate of drug-likeness (QED) is 0.450. The molecular formula is C27H31N5O5S. The van der Waals surface area contributed by atoms with Crippen LogP contribution in [0.15, 0.2) is 66.0 Å². The second-order valence-corrected chi connectivity index (χ2v) is 11.6. The van der Waals surface area contributed by atoms with E-state index in [4.69, 9.17) is 0 Å². The van der Waals surface area contributed by atoms with Crippen molar-refractivity contribution in [3.05, 3.63) is 66.5 Å². The summed E-state index contributed by atoms with van der Waals surface area (Å²) in [7, 11) is -3.94. The highest BCUT2D eigenvalue weighted by Crippen LogP contribution is 2.19. The van der Waals surface area contributed by atoms with Crippen LogP contribution in [-0.2, 0) is 19.6 Å². The fourth-order valence-electron chi connectivity index (χ4n) is 4.49. The van der Waals surface area contributed by atoms with E-state index >= 15 is 0 Å². The largest absolute Gasteiger partial charge is 0.344 e. The molecule has 3 aromatic rings. The predicted molar refractivity (Wildman–Crippen MR) is 142 cm³/mol. The first-order valence-corrected chi connectivity index (χ1v) is 14.0. The van der Waals surface area contributed by atoms with Gasteiger partial charge in [-0.05, 0) is 49.4 Å². The fourth-order valence-corrected chi connectivity index (χ4v) is 5.87. The van der Waals surface area contributed by atoms with Gasteiger partial charge in [-0.15, -0.1) is 0 Å². The van der Waals surface area contributed by atoms with E-state index in [1.165, 1.54) is 12.3 Å². The van der Waals surface area contributed by atoms with E-state index in [1.54, 1.807) is 36.5 Å². The summed E-state index contributed by atoms with van der Waals surface area (Å²) in [6.45, 7) is 3.64. The third-order valence-electron chi connectivity index (χ3n) is 6.40. The Hall–Kier alpha value is -3.70. The number of hydrogen-bond acceptors (Lipinski definition) is 7. The van der Waals surface area contributed by atoms with Gasteiger partial charge in [0.1, 0.15) is 6.04 Å².